The number of methoxy groups -OCH3 is 1. The van der Waals surface area contributed by atoms with Crippen molar-refractivity contribution in [3.05, 3.63) is 36.4 Å². The first-order chi connectivity index (χ1) is 10.0. The van der Waals surface area contributed by atoms with E-state index in [2.05, 4.69) is 5.32 Å². The zero-order valence-corrected chi connectivity index (χ0v) is 12.7. The number of amides is 1. The van der Waals surface area contributed by atoms with Crippen molar-refractivity contribution in [1.29, 1.82) is 0 Å². The third-order valence-corrected chi connectivity index (χ3v) is 3.37. The number of hydrogen-bond donors (Lipinski definition) is 2. The Hall–Kier alpha value is -2.07. The molecule has 0 aliphatic heterocycles. The fourth-order valence-electron chi connectivity index (χ4n) is 2.37. The molecule has 4 heteroatoms. The van der Waals surface area contributed by atoms with E-state index < -0.39 is 6.04 Å². The second-order valence-corrected chi connectivity index (χ2v) is 5.62. The van der Waals surface area contributed by atoms with Crippen LogP contribution in [0.15, 0.2) is 36.4 Å². The third kappa shape index (κ3) is 3.73. The van der Waals surface area contributed by atoms with Crippen molar-refractivity contribution in [2.45, 2.75) is 26.3 Å². The maximum absolute atomic E-state index is 12.1. The van der Waals surface area contributed by atoms with Gasteiger partial charge < -0.3 is 15.8 Å². The van der Waals surface area contributed by atoms with Crippen molar-refractivity contribution >= 4 is 22.4 Å². The highest BCUT2D eigenvalue weighted by atomic mass is 16.5. The van der Waals surface area contributed by atoms with Crippen molar-refractivity contribution in [2.75, 3.05) is 12.4 Å². The zero-order valence-electron chi connectivity index (χ0n) is 12.7. The van der Waals surface area contributed by atoms with Crippen LogP contribution in [-0.2, 0) is 4.79 Å². The number of ether oxygens (including phenoxy) is 1. The van der Waals surface area contributed by atoms with Gasteiger partial charge in [0.2, 0.25) is 5.91 Å². The van der Waals surface area contributed by atoms with Gasteiger partial charge in [0, 0.05) is 17.1 Å². The lowest BCUT2D eigenvalue weighted by molar-refractivity contribution is -0.117. The number of carbonyl (C=O) groups is 1. The lowest BCUT2D eigenvalue weighted by atomic mass is 10.0. The summed E-state index contributed by atoms with van der Waals surface area (Å²) in [6.07, 6.45) is 0.663. The SMILES string of the molecule is COc1cc(NC(=O)[C@@H](N)CC(C)C)cc2ccccc12. The number of benzene rings is 2. The average molecular weight is 286 g/mol. The van der Waals surface area contributed by atoms with Crippen molar-refractivity contribution in [3.8, 4) is 5.75 Å². The lowest BCUT2D eigenvalue weighted by Gasteiger charge is -2.15. The molecule has 0 aliphatic rings. The van der Waals surface area contributed by atoms with Gasteiger partial charge in [0.1, 0.15) is 5.75 Å². The summed E-state index contributed by atoms with van der Waals surface area (Å²) in [4.78, 5) is 12.1. The monoisotopic (exact) mass is 286 g/mol. The highest BCUT2D eigenvalue weighted by Gasteiger charge is 2.15. The van der Waals surface area contributed by atoms with Crippen LogP contribution in [0.1, 0.15) is 20.3 Å². The van der Waals surface area contributed by atoms with Gasteiger partial charge in [0.05, 0.1) is 13.2 Å². The van der Waals surface area contributed by atoms with Crippen LogP contribution in [0.4, 0.5) is 5.69 Å². The average Bonchev–Trinajstić information content (AvgIpc) is 2.45. The van der Waals surface area contributed by atoms with Crippen LogP contribution in [0.5, 0.6) is 5.75 Å². The molecule has 0 unspecified atom stereocenters. The van der Waals surface area contributed by atoms with Crippen LogP contribution in [0.2, 0.25) is 0 Å². The first-order valence-corrected chi connectivity index (χ1v) is 7.14. The largest absolute Gasteiger partial charge is 0.496 e. The number of fused-ring (bicyclic) bond motifs is 1. The van der Waals surface area contributed by atoms with Gasteiger partial charge in [-0.3, -0.25) is 4.79 Å². The first-order valence-electron chi connectivity index (χ1n) is 7.14. The molecule has 2 rings (SSSR count). The van der Waals surface area contributed by atoms with Gasteiger partial charge in [-0.1, -0.05) is 38.1 Å². The van der Waals surface area contributed by atoms with Gasteiger partial charge in [0.25, 0.3) is 0 Å². The van der Waals surface area contributed by atoms with Gasteiger partial charge in [-0.25, -0.2) is 0 Å². The van der Waals surface area contributed by atoms with E-state index in [1.54, 1.807) is 7.11 Å². The number of hydrogen-bond acceptors (Lipinski definition) is 3. The molecular weight excluding hydrogens is 264 g/mol. The number of nitrogens with one attached hydrogen (secondary N) is 1. The van der Waals surface area contributed by atoms with Crippen molar-refractivity contribution in [1.82, 2.24) is 0 Å². The predicted octanol–water partition coefficient (Wildman–Crippen LogP) is 3.16. The number of nitrogens with two attached hydrogens (primary N) is 1. The molecule has 0 saturated heterocycles. The van der Waals surface area contributed by atoms with E-state index in [1.807, 2.05) is 50.2 Å². The van der Waals surface area contributed by atoms with Crippen molar-refractivity contribution in [2.24, 2.45) is 11.7 Å². The Kier molecular flexibility index (Phi) is 4.81. The van der Waals surface area contributed by atoms with Crippen LogP contribution >= 0.6 is 0 Å². The van der Waals surface area contributed by atoms with Gasteiger partial charge >= 0.3 is 0 Å². The summed E-state index contributed by atoms with van der Waals surface area (Å²) < 4.78 is 5.39. The van der Waals surface area contributed by atoms with Crippen LogP contribution in [0.25, 0.3) is 10.8 Å². The zero-order chi connectivity index (χ0) is 15.4. The Morgan fingerprint density at radius 3 is 2.67 bits per heavy atom. The molecule has 0 bridgehead atoms. The Balaban J connectivity index is 2.24. The molecule has 0 spiro atoms. The second kappa shape index (κ2) is 6.59. The lowest BCUT2D eigenvalue weighted by Crippen LogP contribution is -2.36. The summed E-state index contributed by atoms with van der Waals surface area (Å²) in [7, 11) is 1.62. The summed E-state index contributed by atoms with van der Waals surface area (Å²) in [5.41, 5.74) is 6.61. The molecular formula is C17H22N2O2. The second-order valence-electron chi connectivity index (χ2n) is 5.62. The smallest absolute Gasteiger partial charge is 0.241 e. The van der Waals surface area contributed by atoms with Gasteiger partial charge in [0.15, 0.2) is 0 Å². The third-order valence-electron chi connectivity index (χ3n) is 3.37. The van der Waals surface area contributed by atoms with Gasteiger partial charge in [-0.05, 0) is 23.8 Å². The van der Waals surface area contributed by atoms with E-state index in [9.17, 15) is 4.79 Å². The van der Waals surface area contributed by atoms with E-state index in [4.69, 9.17) is 10.5 Å². The molecule has 1 atom stereocenters. The van der Waals surface area contributed by atoms with Crippen molar-refractivity contribution < 1.29 is 9.53 Å². The minimum Gasteiger partial charge on any atom is -0.496 e. The van der Waals surface area contributed by atoms with Crippen LogP contribution < -0.4 is 15.8 Å². The van der Waals surface area contributed by atoms with Crippen LogP contribution in [0, 0.1) is 5.92 Å². The molecule has 0 heterocycles. The fraction of sp³-hybridized carbons (Fsp3) is 0.353. The Morgan fingerprint density at radius 1 is 1.29 bits per heavy atom. The van der Waals surface area contributed by atoms with Crippen molar-refractivity contribution in [3.63, 3.8) is 0 Å². The molecule has 0 aliphatic carbocycles. The molecule has 0 saturated carbocycles. The Morgan fingerprint density at radius 2 is 2.00 bits per heavy atom. The molecule has 4 nitrogen and oxygen atoms in total. The summed E-state index contributed by atoms with van der Waals surface area (Å²) in [6.45, 7) is 4.10. The Labute approximate surface area is 125 Å². The molecule has 0 aromatic heterocycles. The first kappa shape index (κ1) is 15.3. The summed E-state index contributed by atoms with van der Waals surface area (Å²) in [5.74, 6) is 0.957. The number of rotatable bonds is 5. The van der Waals surface area contributed by atoms with Crippen LogP contribution in [0.3, 0.4) is 0 Å². The highest BCUT2D eigenvalue weighted by Crippen LogP contribution is 2.29. The van der Waals surface area contributed by atoms with E-state index in [0.29, 0.717) is 18.0 Å². The van der Waals surface area contributed by atoms with Gasteiger partial charge in [-0.2, -0.15) is 0 Å². The molecule has 21 heavy (non-hydrogen) atoms. The van der Waals surface area contributed by atoms with Gasteiger partial charge in [-0.15, -0.1) is 0 Å². The molecule has 2 aromatic carbocycles. The quantitative estimate of drug-likeness (QED) is 0.887. The number of anilines is 1. The molecule has 112 valence electrons. The van der Waals surface area contributed by atoms with E-state index in [-0.39, 0.29) is 5.91 Å². The summed E-state index contributed by atoms with van der Waals surface area (Å²) >= 11 is 0. The van der Waals surface area contributed by atoms with Crippen LogP contribution in [-0.4, -0.2) is 19.1 Å². The molecule has 0 fully saturated rings. The minimum atomic E-state index is -0.498. The maximum atomic E-state index is 12.1. The molecule has 0 radical (unpaired) electrons. The topological polar surface area (TPSA) is 64.3 Å². The molecule has 3 N–H and O–H groups in total. The Bertz CT molecular complexity index is 638. The predicted molar refractivity (Wildman–Crippen MR) is 86.6 cm³/mol. The summed E-state index contributed by atoms with van der Waals surface area (Å²) in [5, 5.41) is 4.91. The van der Waals surface area contributed by atoms with E-state index in [1.165, 1.54) is 0 Å². The molecule has 2 aromatic rings. The maximum Gasteiger partial charge on any atom is 0.241 e. The highest BCUT2D eigenvalue weighted by molar-refractivity contribution is 5.99. The minimum absolute atomic E-state index is 0.166. The standard InChI is InChI=1S/C17H22N2O2/c1-11(2)8-15(18)17(20)19-13-9-12-6-4-5-7-14(12)16(10-13)21-3/h4-7,9-11,15H,8,18H2,1-3H3,(H,19,20)/t15-/m0/s1. The van der Waals surface area contributed by atoms with E-state index in [0.717, 1.165) is 16.5 Å². The van der Waals surface area contributed by atoms with E-state index >= 15 is 0 Å². The normalized spacial score (nSPS) is 12.4. The fourth-order valence-corrected chi connectivity index (χ4v) is 2.37. The number of carbonyl (C=O) groups excluding carboxylic acids is 1. The molecule has 1 amide bonds. The summed E-state index contributed by atoms with van der Waals surface area (Å²) in [6, 6.07) is 11.1.